The average Bonchev–Trinajstić information content (AvgIpc) is 2.42. The summed E-state index contributed by atoms with van der Waals surface area (Å²) in [4.78, 5) is 9.86. The fourth-order valence-electron chi connectivity index (χ4n) is 1.44. The summed E-state index contributed by atoms with van der Waals surface area (Å²) in [5, 5.41) is 2.53. The van der Waals surface area contributed by atoms with Gasteiger partial charge in [0.25, 0.3) is 0 Å². The van der Waals surface area contributed by atoms with Crippen LogP contribution in [0.2, 0.25) is 0 Å². The lowest BCUT2D eigenvalue weighted by Crippen LogP contribution is -1.91. The van der Waals surface area contributed by atoms with Gasteiger partial charge in [0.15, 0.2) is 0 Å². The normalized spacial score (nSPS) is 9.28. The molecular weight excluding hydrogens is 222 g/mol. The predicted molar refractivity (Wildman–Crippen MR) is 76.7 cm³/mol. The molecule has 2 aromatic rings. The first-order valence-electron chi connectivity index (χ1n) is 6.04. The molecule has 0 aromatic heterocycles. The molecule has 94 valence electrons. The highest BCUT2D eigenvalue weighted by molar-refractivity contribution is 5.70. The minimum absolute atomic E-state index is 0.659. The van der Waals surface area contributed by atoms with E-state index < -0.39 is 0 Å². The maximum absolute atomic E-state index is 9.86. The lowest BCUT2D eigenvalue weighted by Gasteiger charge is -2.01. The first-order chi connectivity index (χ1) is 8.74. The highest BCUT2D eigenvalue weighted by Crippen LogP contribution is 2.11. The van der Waals surface area contributed by atoms with Gasteiger partial charge in [-0.2, -0.15) is 0 Å². The molecule has 0 radical (unpaired) electrons. The molecule has 2 rings (SSSR count). The maximum Gasteiger partial charge on any atom is 0.211 e. The molecule has 2 nitrogen and oxygen atoms in total. The summed E-state index contributed by atoms with van der Waals surface area (Å²) in [5.41, 5.74) is 2.24. The molecule has 0 unspecified atom stereocenters. The van der Waals surface area contributed by atoms with Gasteiger partial charge in [0.2, 0.25) is 6.41 Å². The van der Waals surface area contributed by atoms with Crippen LogP contribution in [0, 0.1) is 0 Å². The Bertz CT molecular complexity index is 437. The molecular formula is C16H19NO. The SMILES string of the molecule is CC(C)c1ccccc1.O=CNc1ccccc1. The Labute approximate surface area is 109 Å². The summed E-state index contributed by atoms with van der Waals surface area (Å²) in [6.45, 7) is 4.41. The van der Waals surface area contributed by atoms with Gasteiger partial charge in [-0.25, -0.2) is 0 Å². The first-order valence-corrected chi connectivity index (χ1v) is 6.04. The van der Waals surface area contributed by atoms with Gasteiger partial charge in [-0.05, 0) is 23.6 Å². The van der Waals surface area contributed by atoms with E-state index in [1.54, 1.807) is 0 Å². The summed E-state index contributed by atoms with van der Waals surface area (Å²) in [6, 6.07) is 19.8. The molecule has 0 saturated heterocycles. The largest absolute Gasteiger partial charge is 0.329 e. The van der Waals surface area contributed by atoms with Crippen LogP contribution in [-0.4, -0.2) is 6.41 Å². The van der Waals surface area contributed by atoms with Gasteiger partial charge in [0, 0.05) is 5.69 Å². The predicted octanol–water partition coefficient (Wildman–Crippen LogP) is 4.06. The lowest BCUT2D eigenvalue weighted by molar-refractivity contribution is -0.105. The number of benzene rings is 2. The molecule has 0 aliphatic heterocycles. The first kappa shape index (κ1) is 14.0. The standard InChI is InChI=1S/C9H12.C7H7NO/c1-8(2)9-6-4-3-5-7-9;9-6-8-7-4-2-1-3-5-7/h3-8H,1-2H3;1-6H,(H,8,9). The summed E-state index contributed by atoms with van der Waals surface area (Å²) >= 11 is 0. The van der Waals surface area contributed by atoms with Gasteiger partial charge in [-0.3, -0.25) is 4.79 Å². The summed E-state index contributed by atoms with van der Waals surface area (Å²) in [6.07, 6.45) is 0.662. The van der Waals surface area contributed by atoms with E-state index in [0.717, 1.165) is 5.69 Å². The number of hydrogen-bond acceptors (Lipinski definition) is 1. The number of rotatable bonds is 3. The van der Waals surface area contributed by atoms with Crippen LogP contribution in [0.25, 0.3) is 0 Å². The monoisotopic (exact) mass is 241 g/mol. The van der Waals surface area contributed by atoms with Gasteiger partial charge in [-0.1, -0.05) is 62.4 Å². The Morgan fingerprint density at radius 3 is 1.78 bits per heavy atom. The molecule has 2 aromatic carbocycles. The third-order valence-electron chi connectivity index (χ3n) is 2.47. The minimum Gasteiger partial charge on any atom is -0.329 e. The number of carbonyl (C=O) groups is 1. The van der Waals surface area contributed by atoms with E-state index in [0.29, 0.717) is 12.3 Å². The Balaban J connectivity index is 0.000000180. The molecule has 0 aliphatic carbocycles. The van der Waals surface area contributed by atoms with E-state index in [2.05, 4.69) is 43.4 Å². The van der Waals surface area contributed by atoms with Crippen molar-refractivity contribution in [3.63, 3.8) is 0 Å². The molecule has 0 fully saturated rings. The fourth-order valence-corrected chi connectivity index (χ4v) is 1.44. The molecule has 0 heterocycles. The van der Waals surface area contributed by atoms with Gasteiger partial charge >= 0.3 is 0 Å². The molecule has 0 saturated carbocycles. The second kappa shape index (κ2) is 8.07. The topological polar surface area (TPSA) is 29.1 Å². The molecule has 2 heteroatoms. The van der Waals surface area contributed by atoms with Gasteiger partial charge in [-0.15, -0.1) is 0 Å². The van der Waals surface area contributed by atoms with Gasteiger partial charge < -0.3 is 5.32 Å². The highest BCUT2D eigenvalue weighted by atomic mass is 16.1. The van der Waals surface area contributed by atoms with Crippen molar-refractivity contribution in [1.29, 1.82) is 0 Å². The third kappa shape index (κ3) is 5.30. The summed E-state index contributed by atoms with van der Waals surface area (Å²) in [5.74, 6) is 0.659. The van der Waals surface area contributed by atoms with E-state index in [-0.39, 0.29) is 0 Å². The Kier molecular flexibility index (Phi) is 6.26. The van der Waals surface area contributed by atoms with E-state index in [4.69, 9.17) is 0 Å². The van der Waals surface area contributed by atoms with Crippen molar-refractivity contribution in [1.82, 2.24) is 0 Å². The second-order valence-corrected chi connectivity index (χ2v) is 4.19. The van der Waals surface area contributed by atoms with Crippen LogP contribution in [0.5, 0.6) is 0 Å². The van der Waals surface area contributed by atoms with Gasteiger partial charge in [0.1, 0.15) is 0 Å². The number of nitrogens with one attached hydrogen (secondary N) is 1. The van der Waals surface area contributed by atoms with Crippen LogP contribution in [0.15, 0.2) is 60.7 Å². The zero-order chi connectivity index (χ0) is 13.2. The Hall–Kier alpha value is -2.09. The highest BCUT2D eigenvalue weighted by Gasteiger charge is 1.93. The van der Waals surface area contributed by atoms with Crippen molar-refractivity contribution >= 4 is 12.1 Å². The molecule has 18 heavy (non-hydrogen) atoms. The van der Waals surface area contributed by atoms with E-state index in [1.165, 1.54) is 5.56 Å². The van der Waals surface area contributed by atoms with Crippen molar-refractivity contribution in [3.05, 3.63) is 66.2 Å². The fraction of sp³-hybridized carbons (Fsp3) is 0.188. The van der Waals surface area contributed by atoms with E-state index in [9.17, 15) is 4.79 Å². The number of anilines is 1. The molecule has 0 atom stereocenters. The number of carbonyl (C=O) groups excluding carboxylic acids is 1. The molecule has 0 bridgehead atoms. The molecule has 1 amide bonds. The van der Waals surface area contributed by atoms with Crippen LogP contribution >= 0.6 is 0 Å². The van der Waals surface area contributed by atoms with Crippen LogP contribution in [0.4, 0.5) is 5.69 Å². The van der Waals surface area contributed by atoms with Crippen molar-refractivity contribution in [2.24, 2.45) is 0 Å². The van der Waals surface area contributed by atoms with Crippen molar-refractivity contribution in [3.8, 4) is 0 Å². The van der Waals surface area contributed by atoms with Crippen LogP contribution in [0.3, 0.4) is 0 Å². The Morgan fingerprint density at radius 1 is 0.889 bits per heavy atom. The van der Waals surface area contributed by atoms with Gasteiger partial charge in [0.05, 0.1) is 0 Å². The zero-order valence-electron chi connectivity index (χ0n) is 10.8. The van der Waals surface area contributed by atoms with E-state index >= 15 is 0 Å². The molecule has 0 aliphatic rings. The number of para-hydroxylation sites is 1. The van der Waals surface area contributed by atoms with Crippen molar-refractivity contribution < 1.29 is 4.79 Å². The van der Waals surface area contributed by atoms with Crippen molar-refractivity contribution in [2.45, 2.75) is 19.8 Å². The molecule has 0 spiro atoms. The average molecular weight is 241 g/mol. The van der Waals surface area contributed by atoms with E-state index in [1.807, 2.05) is 36.4 Å². The maximum atomic E-state index is 9.86. The smallest absolute Gasteiger partial charge is 0.211 e. The summed E-state index contributed by atoms with van der Waals surface area (Å²) in [7, 11) is 0. The zero-order valence-corrected chi connectivity index (χ0v) is 10.8. The quantitative estimate of drug-likeness (QED) is 0.806. The molecule has 1 N–H and O–H groups in total. The van der Waals surface area contributed by atoms with Crippen molar-refractivity contribution in [2.75, 3.05) is 5.32 Å². The Morgan fingerprint density at radius 2 is 1.39 bits per heavy atom. The van der Waals surface area contributed by atoms with Crippen LogP contribution in [0.1, 0.15) is 25.3 Å². The number of amides is 1. The second-order valence-electron chi connectivity index (χ2n) is 4.19. The lowest BCUT2D eigenvalue weighted by atomic mass is 10.0. The van der Waals surface area contributed by atoms with Crippen LogP contribution < -0.4 is 5.32 Å². The van der Waals surface area contributed by atoms with Crippen LogP contribution in [-0.2, 0) is 4.79 Å². The summed E-state index contributed by atoms with van der Waals surface area (Å²) < 4.78 is 0. The minimum atomic E-state index is 0.659. The third-order valence-corrected chi connectivity index (χ3v) is 2.47. The number of hydrogen-bond donors (Lipinski definition) is 1.